The van der Waals surface area contributed by atoms with E-state index in [9.17, 15) is 18.0 Å². The van der Waals surface area contributed by atoms with Crippen molar-refractivity contribution in [3.8, 4) is 0 Å². The topological polar surface area (TPSA) is 128 Å². The van der Waals surface area contributed by atoms with Gasteiger partial charge in [-0.2, -0.15) is 4.90 Å². The Morgan fingerprint density at radius 3 is 1.97 bits per heavy atom. The number of amidine groups is 1. The van der Waals surface area contributed by atoms with Crippen LogP contribution in [0.1, 0.15) is 80.7 Å². The van der Waals surface area contributed by atoms with Gasteiger partial charge in [-0.3, -0.25) is 4.99 Å². The maximum atomic E-state index is 15.2. The third kappa shape index (κ3) is 4.14. The van der Waals surface area contributed by atoms with E-state index in [1.54, 1.807) is 41.5 Å². The first-order valence-corrected chi connectivity index (χ1v) is 13.2. The van der Waals surface area contributed by atoms with E-state index in [-0.39, 0.29) is 29.9 Å². The predicted octanol–water partition coefficient (Wildman–Crippen LogP) is 4.93. The van der Waals surface area contributed by atoms with E-state index in [0.29, 0.717) is 4.90 Å². The molecule has 2 N–H and O–H groups in total. The highest BCUT2D eigenvalue weighted by Gasteiger charge is 2.72. The number of hydrogen-bond donors (Lipinski definition) is 1. The zero-order valence-corrected chi connectivity index (χ0v) is 23.2. The molecule has 0 saturated carbocycles. The Balaban J connectivity index is 2.38. The van der Waals surface area contributed by atoms with E-state index >= 15 is 4.39 Å². The molecule has 2 aliphatic rings. The average Bonchev–Trinajstić information content (AvgIpc) is 2.81. The van der Waals surface area contributed by atoms with Crippen LogP contribution in [-0.2, 0) is 24.8 Å². The lowest BCUT2D eigenvalue weighted by molar-refractivity contribution is 0.0139. The first-order valence-electron chi connectivity index (χ1n) is 11.8. The Morgan fingerprint density at radius 1 is 1.00 bits per heavy atom. The Kier molecular flexibility index (Phi) is 6.32. The van der Waals surface area contributed by atoms with Crippen molar-refractivity contribution in [2.75, 3.05) is 5.73 Å². The molecule has 11 heteroatoms. The minimum atomic E-state index is -4.16. The number of rotatable bonds is 1. The highest BCUT2D eigenvalue weighted by Crippen LogP contribution is 2.59. The molecule has 2 heterocycles. The second-order valence-corrected chi connectivity index (χ2v) is 14.8. The number of ether oxygens (including phenoxy) is 2. The number of sulfone groups is 1. The molecule has 1 saturated heterocycles. The van der Waals surface area contributed by atoms with Crippen molar-refractivity contribution in [1.29, 1.82) is 0 Å². The quantitative estimate of drug-likeness (QED) is 0.515. The number of carbonyl (C=O) groups excluding carboxylic acids is 2. The van der Waals surface area contributed by atoms with Crippen molar-refractivity contribution >= 4 is 33.5 Å². The third-order valence-electron chi connectivity index (χ3n) is 6.98. The number of imide groups is 1. The fourth-order valence-corrected chi connectivity index (χ4v) is 7.63. The summed E-state index contributed by atoms with van der Waals surface area (Å²) in [4.78, 5) is 32.1. The van der Waals surface area contributed by atoms with Crippen LogP contribution in [-0.4, -0.2) is 52.0 Å². The van der Waals surface area contributed by atoms with E-state index in [1.807, 2.05) is 0 Å². The number of benzene rings is 1. The number of halogens is 1. The monoisotopic (exact) mass is 525 g/mol. The summed E-state index contributed by atoms with van der Waals surface area (Å²) in [5.41, 5.74) is 2.35. The molecule has 3 atom stereocenters. The molecule has 0 unspecified atom stereocenters. The van der Waals surface area contributed by atoms with Gasteiger partial charge in [-0.05, 0) is 93.4 Å². The molecule has 2 bridgehead atoms. The summed E-state index contributed by atoms with van der Waals surface area (Å²) in [6.45, 7) is 14.1. The number of nitrogens with two attached hydrogens (primary N) is 1. The summed E-state index contributed by atoms with van der Waals surface area (Å²) in [5.74, 6) is -1.08. The fourth-order valence-electron chi connectivity index (χ4n) is 4.84. The van der Waals surface area contributed by atoms with Crippen molar-refractivity contribution < 1.29 is 31.9 Å². The summed E-state index contributed by atoms with van der Waals surface area (Å²) in [5, 5.41) is 0. The second kappa shape index (κ2) is 8.16. The van der Waals surface area contributed by atoms with Gasteiger partial charge in [-0.1, -0.05) is 0 Å². The van der Waals surface area contributed by atoms with Gasteiger partial charge in [0.2, 0.25) is 0 Å². The lowest BCUT2D eigenvalue weighted by Crippen LogP contribution is -2.65. The van der Waals surface area contributed by atoms with Crippen LogP contribution in [0, 0.1) is 5.82 Å². The molecule has 1 aromatic carbocycles. The van der Waals surface area contributed by atoms with E-state index < -0.39 is 54.1 Å². The molecule has 1 aromatic rings. The van der Waals surface area contributed by atoms with Gasteiger partial charge in [0, 0.05) is 11.3 Å². The van der Waals surface area contributed by atoms with Crippen LogP contribution in [0.4, 0.5) is 19.7 Å². The fraction of sp³-hybridized carbons (Fsp3) is 0.640. The summed E-state index contributed by atoms with van der Waals surface area (Å²) in [7, 11) is -4.16. The van der Waals surface area contributed by atoms with Gasteiger partial charge in [-0.15, -0.1) is 0 Å². The van der Waals surface area contributed by atoms with Crippen LogP contribution in [0.25, 0.3) is 0 Å². The molecular formula is C25H36FN3O6S. The number of hydrogen-bond acceptors (Lipinski definition) is 8. The van der Waals surface area contributed by atoms with E-state index in [1.165, 1.54) is 32.9 Å². The minimum Gasteiger partial charge on any atom is -0.443 e. The summed E-state index contributed by atoms with van der Waals surface area (Å²) in [6.07, 6.45) is -2.12. The lowest BCUT2D eigenvalue weighted by Gasteiger charge is -2.48. The van der Waals surface area contributed by atoms with Crippen LogP contribution in [0.3, 0.4) is 0 Å². The Hall–Kier alpha value is -2.69. The summed E-state index contributed by atoms with van der Waals surface area (Å²) in [6, 6.07) is 3.84. The lowest BCUT2D eigenvalue weighted by atomic mass is 9.78. The standard InChI is InChI=1S/C25H36FN3O6S/c1-21(2,3)34-19(30)29(20(31)35-22(4,5)6)18-23(7)12-13-24(8,36(23,32)33)25(9,28-18)16-14-15(27)10-11-17(16)26/h10-11,14H,12-13,27H2,1-9H3/t23-,24+,25+/m0/s1. The van der Waals surface area contributed by atoms with Crippen LogP contribution in [0.15, 0.2) is 23.2 Å². The zero-order valence-electron chi connectivity index (χ0n) is 22.4. The molecule has 2 amide bonds. The molecule has 2 aliphatic heterocycles. The van der Waals surface area contributed by atoms with Crippen LogP contribution in [0.5, 0.6) is 0 Å². The maximum absolute atomic E-state index is 15.2. The molecule has 0 aromatic heterocycles. The van der Waals surface area contributed by atoms with Gasteiger partial charge in [0.1, 0.15) is 33.1 Å². The second-order valence-electron chi connectivity index (χ2n) is 12.0. The Labute approximate surface area is 212 Å². The van der Waals surface area contributed by atoms with Crippen molar-refractivity contribution in [1.82, 2.24) is 4.90 Å². The molecule has 1 fully saturated rings. The number of amides is 2. The summed E-state index contributed by atoms with van der Waals surface area (Å²) >= 11 is 0. The molecule has 0 radical (unpaired) electrons. The van der Waals surface area contributed by atoms with Gasteiger partial charge < -0.3 is 15.2 Å². The largest absolute Gasteiger partial charge is 0.443 e. The smallest absolute Gasteiger partial charge is 0.425 e. The zero-order chi connectivity index (χ0) is 27.7. The van der Waals surface area contributed by atoms with Crippen molar-refractivity contribution in [2.24, 2.45) is 4.99 Å². The van der Waals surface area contributed by atoms with Crippen molar-refractivity contribution in [3.05, 3.63) is 29.6 Å². The molecule has 0 aliphatic carbocycles. The Morgan fingerprint density at radius 2 is 1.50 bits per heavy atom. The van der Waals surface area contributed by atoms with Gasteiger partial charge in [0.05, 0.1) is 4.75 Å². The number of aliphatic imine (C=N–C) groups is 1. The van der Waals surface area contributed by atoms with Gasteiger partial charge in [-0.25, -0.2) is 22.4 Å². The highest BCUT2D eigenvalue weighted by molar-refractivity contribution is 7.95. The van der Waals surface area contributed by atoms with Crippen LogP contribution >= 0.6 is 0 Å². The molecule has 9 nitrogen and oxygen atoms in total. The third-order valence-corrected chi connectivity index (χ3v) is 10.3. The molecule has 200 valence electrons. The number of anilines is 1. The van der Waals surface area contributed by atoms with E-state index in [0.717, 1.165) is 6.07 Å². The molecule has 3 rings (SSSR count). The predicted molar refractivity (Wildman–Crippen MR) is 135 cm³/mol. The average molecular weight is 526 g/mol. The minimum absolute atomic E-state index is 0.0479. The van der Waals surface area contributed by atoms with E-state index in [4.69, 9.17) is 20.2 Å². The number of carbonyl (C=O) groups is 2. The molecular weight excluding hydrogens is 489 g/mol. The number of nitrogen functional groups attached to an aromatic ring is 1. The number of nitrogens with zero attached hydrogens (tertiary/aromatic N) is 2. The van der Waals surface area contributed by atoms with Crippen LogP contribution in [0.2, 0.25) is 0 Å². The van der Waals surface area contributed by atoms with E-state index in [2.05, 4.69) is 0 Å². The van der Waals surface area contributed by atoms with Gasteiger partial charge >= 0.3 is 12.2 Å². The summed E-state index contributed by atoms with van der Waals surface area (Å²) < 4.78 is 51.2. The maximum Gasteiger partial charge on any atom is 0.425 e. The van der Waals surface area contributed by atoms with Crippen molar-refractivity contribution in [3.63, 3.8) is 0 Å². The Bertz CT molecular complexity index is 1220. The van der Waals surface area contributed by atoms with Gasteiger partial charge in [0.25, 0.3) is 0 Å². The van der Waals surface area contributed by atoms with Crippen molar-refractivity contribution in [2.45, 2.75) is 101 Å². The normalized spacial score (nSPS) is 29.3. The number of fused-ring (bicyclic) bond motifs is 2. The highest BCUT2D eigenvalue weighted by atomic mass is 32.2. The van der Waals surface area contributed by atoms with Crippen LogP contribution < -0.4 is 5.73 Å². The van der Waals surface area contributed by atoms with Gasteiger partial charge in [0.15, 0.2) is 9.84 Å². The first-order chi connectivity index (χ1) is 16.1. The SMILES string of the molecule is CC(C)(C)OC(=O)N(C(=O)OC(C)(C)C)C1=N[C@](C)(c2cc(N)ccc2F)[C@@]2(C)CC[C@]1(C)S2(=O)=O. The molecule has 0 spiro atoms. The first kappa shape index (κ1) is 27.9. The molecule has 36 heavy (non-hydrogen) atoms.